The van der Waals surface area contributed by atoms with Gasteiger partial charge in [-0.25, -0.2) is 8.78 Å². The predicted molar refractivity (Wildman–Crippen MR) is 84.9 cm³/mol. The highest BCUT2D eigenvalue weighted by Gasteiger charge is 2.32. The zero-order valence-electron chi connectivity index (χ0n) is 13.0. The van der Waals surface area contributed by atoms with Crippen molar-refractivity contribution in [3.63, 3.8) is 0 Å². The average molecular weight is 365 g/mol. The summed E-state index contributed by atoms with van der Waals surface area (Å²) in [6.45, 7) is 1.91. The number of benzene rings is 1. The summed E-state index contributed by atoms with van der Waals surface area (Å²) in [5.41, 5.74) is -0.626. The number of aromatic hydroxyl groups is 1. The molecule has 1 aromatic carbocycles. The lowest BCUT2D eigenvalue weighted by atomic mass is 9.88. The van der Waals surface area contributed by atoms with Gasteiger partial charge in [0.25, 0.3) is 5.91 Å². The van der Waals surface area contributed by atoms with Crippen LogP contribution in [-0.4, -0.2) is 41.6 Å². The lowest BCUT2D eigenvalue weighted by molar-refractivity contribution is 0.0668. The molecule has 2 aliphatic rings. The Bertz CT molecular complexity index is 616. The maximum atomic E-state index is 13.9. The van der Waals surface area contributed by atoms with Crippen molar-refractivity contribution < 1.29 is 23.1 Å². The van der Waals surface area contributed by atoms with Crippen LogP contribution in [0.25, 0.3) is 0 Å². The topological polar surface area (TPSA) is 52.6 Å². The van der Waals surface area contributed by atoms with Crippen molar-refractivity contribution >= 4 is 18.3 Å². The van der Waals surface area contributed by atoms with Crippen molar-refractivity contribution in [1.82, 2.24) is 10.2 Å². The molecule has 0 bridgehead atoms. The number of hydrogen-bond donors (Lipinski definition) is 2. The first-order valence-corrected chi connectivity index (χ1v) is 7.88. The fraction of sp³-hybridized carbons (Fsp3) is 0.562. The Hall–Kier alpha value is -1.47. The highest BCUT2D eigenvalue weighted by atomic mass is 35.5. The molecule has 0 saturated carbocycles. The normalized spacial score (nSPS) is 21.6. The largest absolute Gasteiger partial charge is 0.503 e. The SMILES string of the molecule is Cl.O=C(c1cc(F)c(F)c(O)c1F)N1CCC(C2CCCN2)CC1. The number of piperidine rings is 1. The molecule has 0 spiro atoms. The number of amides is 1. The number of phenols is 1. The van der Waals surface area contributed by atoms with E-state index in [1.165, 1.54) is 4.90 Å². The van der Waals surface area contributed by atoms with Gasteiger partial charge in [0.1, 0.15) is 0 Å². The lowest BCUT2D eigenvalue weighted by Crippen LogP contribution is -2.43. The van der Waals surface area contributed by atoms with E-state index >= 15 is 0 Å². The second-order valence-electron chi connectivity index (χ2n) is 6.21. The predicted octanol–water partition coefficient (Wildman–Crippen LogP) is 2.84. The van der Waals surface area contributed by atoms with Crippen molar-refractivity contribution in [2.45, 2.75) is 31.7 Å². The van der Waals surface area contributed by atoms with Gasteiger partial charge in [-0.05, 0) is 44.2 Å². The summed E-state index contributed by atoms with van der Waals surface area (Å²) in [5, 5.41) is 12.7. The maximum Gasteiger partial charge on any atom is 0.257 e. The van der Waals surface area contributed by atoms with Gasteiger partial charge in [-0.2, -0.15) is 4.39 Å². The summed E-state index contributed by atoms with van der Waals surface area (Å²) in [4.78, 5) is 13.8. The van der Waals surface area contributed by atoms with Gasteiger partial charge in [-0.1, -0.05) is 0 Å². The van der Waals surface area contributed by atoms with E-state index in [0.29, 0.717) is 31.1 Å². The van der Waals surface area contributed by atoms with Crippen LogP contribution in [0.15, 0.2) is 6.07 Å². The third-order valence-corrected chi connectivity index (χ3v) is 4.86. The van der Waals surface area contributed by atoms with Crippen LogP contribution in [0.1, 0.15) is 36.0 Å². The number of likely N-dealkylation sites (tertiary alicyclic amines) is 1. The monoisotopic (exact) mass is 364 g/mol. The van der Waals surface area contributed by atoms with Gasteiger partial charge in [0.05, 0.1) is 5.56 Å². The lowest BCUT2D eigenvalue weighted by Gasteiger charge is -2.35. The highest BCUT2D eigenvalue weighted by molar-refractivity contribution is 5.95. The van der Waals surface area contributed by atoms with Crippen LogP contribution >= 0.6 is 12.4 Å². The van der Waals surface area contributed by atoms with E-state index in [-0.39, 0.29) is 12.4 Å². The van der Waals surface area contributed by atoms with Crippen LogP contribution in [0.3, 0.4) is 0 Å². The molecule has 1 aromatic rings. The van der Waals surface area contributed by atoms with E-state index in [1.54, 1.807) is 0 Å². The molecule has 0 aliphatic carbocycles. The minimum atomic E-state index is -1.68. The van der Waals surface area contributed by atoms with Crippen molar-refractivity contribution in [3.05, 3.63) is 29.1 Å². The molecule has 2 saturated heterocycles. The van der Waals surface area contributed by atoms with Gasteiger partial charge in [0.2, 0.25) is 5.82 Å². The Morgan fingerprint density at radius 1 is 1.17 bits per heavy atom. The Morgan fingerprint density at radius 2 is 1.83 bits per heavy atom. The van der Waals surface area contributed by atoms with Gasteiger partial charge in [0, 0.05) is 19.1 Å². The molecule has 2 aliphatic heterocycles. The van der Waals surface area contributed by atoms with E-state index in [1.807, 2.05) is 0 Å². The van der Waals surface area contributed by atoms with E-state index in [0.717, 1.165) is 32.2 Å². The number of phenolic OH excluding ortho intramolecular Hbond substituents is 1. The zero-order chi connectivity index (χ0) is 16.6. The highest BCUT2D eigenvalue weighted by Crippen LogP contribution is 2.29. The summed E-state index contributed by atoms with van der Waals surface area (Å²) < 4.78 is 40.3. The number of halogens is 4. The van der Waals surface area contributed by atoms with Gasteiger partial charge >= 0.3 is 0 Å². The van der Waals surface area contributed by atoms with Crippen LogP contribution in [0.4, 0.5) is 13.2 Å². The van der Waals surface area contributed by atoms with E-state index in [2.05, 4.69) is 5.32 Å². The number of carbonyl (C=O) groups is 1. The van der Waals surface area contributed by atoms with Gasteiger partial charge < -0.3 is 15.3 Å². The number of rotatable bonds is 2. The average Bonchev–Trinajstić information content (AvgIpc) is 3.10. The van der Waals surface area contributed by atoms with Crippen molar-refractivity contribution in [2.75, 3.05) is 19.6 Å². The Kier molecular flexibility index (Phi) is 5.98. The molecule has 0 aromatic heterocycles. The van der Waals surface area contributed by atoms with Crippen LogP contribution in [0, 0.1) is 23.4 Å². The Morgan fingerprint density at radius 3 is 2.42 bits per heavy atom. The molecule has 134 valence electrons. The fourth-order valence-corrected chi connectivity index (χ4v) is 3.54. The second kappa shape index (κ2) is 7.61. The van der Waals surface area contributed by atoms with Crippen LogP contribution in [0.2, 0.25) is 0 Å². The van der Waals surface area contributed by atoms with Gasteiger partial charge in [-0.3, -0.25) is 4.79 Å². The van der Waals surface area contributed by atoms with Crippen LogP contribution in [-0.2, 0) is 0 Å². The molecule has 1 atom stereocenters. The molecule has 0 radical (unpaired) electrons. The van der Waals surface area contributed by atoms with Crippen molar-refractivity contribution in [3.8, 4) is 5.75 Å². The standard InChI is InChI=1S/C16H19F3N2O2.ClH/c17-11-8-10(13(18)15(22)14(11)19)16(23)21-6-3-9(4-7-21)12-2-1-5-20-12;/h8-9,12,20,22H,1-7H2;1H. The van der Waals surface area contributed by atoms with Crippen LogP contribution < -0.4 is 5.32 Å². The molecule has 2 N–H and O–H groups in total. The summed E-state index contributed by atoms with van der Waals surface area (Å²) in [6, 6.07) is 0.980. The first-order chi connectivity index (χ1) is 11.0. The van der Waals surface area contributed by atoms with E-state index in [9.17, 15) is 23.1 Å². The molecule has 8 heteroatoms. The minimum Gasteiger partial charge on any atom is -0.503 e. The maximum absolute atomic E-state index is 13.9. The molecule has 2 fully saturated rings. The quantitative estimate of drug-likeness (QED) is 0.793. The summed E-state index contributed by atoms with van der Waals surface area (Å²) in [6.07, 6.45) is 3.87. The number of carbonyl (C=O) groups excluding carboxylic acids is 1. The van der Waals surface area contributed by atoms with Crippen molar-refractivity contribution in [2.24, 2.45) is 5.92 Å². The van der Waals surface area contributed by atoms with Gasteiger partial charge in [-0.15, -0.1) is 12.4 Å². The summed E-state index contributed by atoms with van der Waals surface area (Å²) in [7, 11) is 0. The third kappa shape index (κ3) is 3.47. The molecule has 4 nitrogen and oxygen atoms in total. The molecular formula is C16H20ClF3N2O2. The minimum absolute atomic E-state index is 0. The summed E-state index contributed by atoms with van der Waals surface area (Å²) in [5.74, 6) is -6.20. The number of hydrogen-bond acceptors (Lipinski definition) is 3. The number of nitrogens with one attached hydrogen (secondary N) is 1. The fourth-order valence-electron chi connectivity index (χ4n) is 3.54. The third-order valence-electron chi connectivity index (χ3n) is 4.86. The van der Waals surface area contributed by atoms with E-state index in [4.69, 9.17) is 0 Å². The number of nitrogens with zero attached hydrogens (tertiary/aromatic N) is 1. The first kappa shape index (κ1) is 18.9. The molecule has 1 amide bonds. The molecule has 2 heterocycles. The Labute approximate surface area is 144 Å². The first-order valence-electron chi connectivity index (χ1n) is 7.88. The van der Waals surface area contributed by atoms with Crippen molar-refractivity contribution in [1.29, 1.82) is 0 Å². The molecule has 1 unspecified atom stereocenters. The van der Waals surface area contributed by atoms with Gasteiger partial charge in [0.15, 0.2) is 17.4 Å². The molecular weight excluding hydrogens is 345 g/mol. The molecule has 24 heavy (non-hydrogen) atoms. The smallest absolute Gasteiger partial charge is 0.257 e. The van der Waals surface area contributed by atoms with Crippen LogP contribution in [0.5, 0.6) is 5.75 Å². The summed E-state index contributed by atoms with van der Waals surface area (Å²) >= 11 is 0. The Balaban J connectivity index is 0.00000208. The van der Waals surface area contributed by atoms with E-state index < -0.39 is 34.7 Å². The zero-order valence-corrected chi connectivity index (χ0v) is 13.8. The second-order valence-corrected chi connectivity index (χ2v) is 6.21. The molecule has 3 rings (SSSR count).